The number of carbonyl (C=O) groups excluding carboxylic acids is 1. The first-order chi connectivity index (χ1) is 8.10. The van der Waals surface area contributed by atoms with E-state index in [1.54, 1.807) is 0 Å². The lowest BCUT2D eigenvalue weighted by Gasteiger charge is -2.36. The second-order valence-corrected chi connectivity index (χ2v) is 4.80. The Balaban J connectivity index is 2.40. The van der Waals surface area contributed by atoms with Crippen molar-refractivity contribution in [3.63, 3.8) is 0 Å². The lowest BCUT2D eigenvalue weighted by molar-refractivity contribution is -0.135. The summed E-state index contributed by atoms with van der Waals surface area (Å²) >= 11 is 0. The number of aliphatic hydroxyl groups is 1. The van der Waals surface area contributed by atoms with Crippen LogP contribution in [0.25, 0.3) is 0 Å². The van der Waals surface area contributed by atoms with Crippen molar-refractivity contribution in [2.45, 2.75) is 26.3 Å². The summed E-state index contributed by atoms with van der Waals surface area (Å²) in [5.74, 6) is 0.306. The maximum atomic E-state index is 12.1. The number of nitrogens with two attached hydrogens (primary N) is 1. The van der Waals surface area contributed by atoms with Crippen molar-refractivity contribution in [1.82, 2.24) is 9.80 Å². The largest absolute Gasteiger partial charge is 0.395 e. The summed E-state index contributed by atoms with van der Waals surface area (Å²) in [7, 11) is 0. The number of hydrogen-bond donors (Lipinski definition) is 2. The van der Waals surface area contributed by atoms with E-state index in [0.717, 1.165) is 32.6 Å². The van der Waals surface area contributed by atoms with Gasteiger partial charge in [0.05, 0.1) is 12.6 Å². The minimum atomic E-state index is -0.371. The number of hydrogen-bond acceptors (Lipinski definition) is 4. The second kappa shape index (κ2) is 6.93. The normalized spacial score (nSPS) is 21.3. The highest BCUT2D eigenvalue weighted by atomic mass is 16.3. The zero-order valence-corrected chi connectivity index (χ0v) is 10.9. The Bertz CT molecular complexity index is 240. The molecule has 1 fully saturated rings. The molecule has 5 nitrogen and oxygen atoms in total. The number of piperazine rings is 1. The molecule has 0 bridgehead atoms. The molecule has 1 heterocycles. The van der Waals surface area contributed by atoms with Crippen LogP contribution in [0.2, 0.25) is 0 Å². The van der Waals surface area contributed by atoms with Crippen LogP contribution in [-0.2, 0) is 4.79 Å². The van der Waals surface area contributed by atoms with E-state index in [-0.39, 0.29) is 24.5 Å². The highest BCUT2D eigenvalue weighted by Gasteiger charge is 2.27. The molecule has 1 amide bonds. The zero-order chi connectivity index (χ0) is 12.8. The predicted octanol–water partition coefficient (Wildman–Crippen LogP) is -0.504. The molecular formula is C12H25N3O2. The zero-order valence-electron chi connectivity index (χ0n) is 10.9. The van der Waals surface area contributed by atoms with Gasteiger partial charge >= 0.3 is 0 Å². The number of amides is 1. The van der Waals surface area contributed by atoms with Gasteiger partial charge in [-0.05, 0) is 5.92 Å². The maximum absolute atomic E-state index is 12.1. The van der Waals surface area contributed by atoms with E-state index >= 15 is 0 Å². The highest BCUT2D eigenvalue weighted by molar-refractivity contribution is 5.82. The van der Waals surface area contributed by atoms with Crippen molar-refractivity contribution in [3.05, 3.63) is 0 Å². The molecule has 17 heavy (non-hydrogen) atoms. The van der Waals surface area contributed by atoms with Crippen LogP contribution in [-0.4, -0.2) is 66.2 Å². The number of β-amino-alcohol motifs (C(OH)–C–C–N with tert-alkyl or cyclic N) is 1. The first kappa shape index (κ1) is 14.4. The van der Waals surface area contributed by atoms with Gasteiger partial charge in [-0.2, -0.15) is 0 Å². The third-order valence-electron chi connectivity index (χ3n) is 3.64. The fraction of sp³-hybridized carbons (Fsp3) is 0.917. The summed E-state index contributed by atoms with van der Waals surface area (Å²) in [4.78, 5) is 16.1. The lowest BCUT2D eigenvalue weighted by Crippen LogP contribution is -2.54. The maximum Gasteiger partial charge on any atom is 0.239 e. The number of nitrogens with zero attached hydrogens (tertiary/aromatic N) is 2. The van der Waals surface area contributed by atoms with Gasteiger partial charge in [-0.1, -0.05) is 20.3 Å². The van der Waals surface area contributed by atoms with Gasteiger partial charge in [0.15, 0.2) is 0 Å². The Labute approximate surface area is 104 Å². The summed E-state index contributed by atoms with van der Waals surface area (Å²) < 4.78 is 0. The molecule has 0 radical (unpaired) electrons. The van der Waals surface area contributed by atoms with Crippen molar-refractivity contribution >= 4 is 5.91 Å². The molecule has 1 aliphatic rings. The van der Waals surface area contributed by atoms with E-state index in [1.165, 1.54) is 0 Å². The van der Waals surface area contributed by atoms with Crippen LogP contribution < -0.4 is 5.73 Å². The minimum Gasteiger partial charge on any atom is -0.395 e. The van der Waals surface area contributed by atoms with E-state index in [1.807, 2.05) is 11.8 Å². The molecule has 3 N–H and O–H groups in total. The molecule has 0 aliphatic carbocycles. The van der Waals surface area contributed by atoms with Crippen LogP contribution in [0.3, 0.4) is 0 Å². The fourth-order valence-electron chi connectivity index (χ4n) is 2.04. The number of rotatable bonds is 5. The standard InChI is InChI=1S/C12H25N3O2/c1-3-10(2)11(13)12(17)15-6-4-14(5-7-15)8-9-16/h10-11,16H,3-9,13H2,1-2H3/t10-,11-/m0/s1. The van der Waals surface area contributed by atoms with Crippen LogP contribution in [0.5, 0.6) is 0 Å². The minimum absolute atomic E-state index is 0.0722. The lowest BCUT2D eigenvalue weighted by atomic mass is 9.98. The smallest absolute Gasteiger partial charge is 0.239 e. The second-order valence-electron chi connectivity index (χ2n) is 4.80. The fourth-order valence-corrected chi connectivity index (χ4v) is 2.04. The van der Waals surface area contributed by atoms with Gasteiger partial charge in [-0.3, -0.25) is 9.69 Å². The average molecular weight is 243 g/mol. The van der Waals surface area contributed by atoms with Gasteiger partial charge < -0.3 is 15.7 Å². The Morgan fingerprint density at radius 1 is 1.35 bits per heavy atom. The summed E-state index contributed by atoms with van der Waals surface area (Å²) in [6, 6.07) is -0.371. The molecule has 1 aliphatic heterocycles. The summed E-state index contributed by atoms with van der Waals surface area (Å²) in [5.41, 5.74) is 5.95. The monoisotopic (exact) mass is 243 g/mol. The number of carbonyl (C=O) groups is 1. The first-order valence-corrected chi connectivity index (χ1v) is 6.47. The highest BCUT2D eigenvalue weighted by Crippen LogP contribution is 2.10. The first-order valence-electron chi connectivity index (χ1n) is 6.47. The van der Waals surface area contributed by atoms with Crippen molar-refractivity contribution in [2.24, 2.45) is 11.7 Å². The van der Waals surface area contributed by atoms with E-state index in [9.17, 15) is 4.79 Å². The number of aliphatic hydroxyl groups excluding tert-OH is 1. The molecule has 2 atom stereocenters. The van der Waals surface area contributed by atoms with Gasteiger partial charge in [-0.25, -0.2) is 0 Å². The topological polar surface area (TPSA) is 69.8 Å². The van der Waals surface area contributed by atoms with E-state index in [4.69, 9.17) is 10.8 Å². The molecule has 1 saturated heterocycles. The van der Waals surface area contributed by atoms with Crippen LogP contribution in [0, 0.1) is 5.92 Å². The Morgan fingerprint density at radius 3 is 2.41 bits per heavy atom. The molecule has 0 unspecified atom stereocenters. The van der Waals surface area contributed by atoms with Crippen molar-refractivity contribution in [2.75, 3.05) is 39.3 Å². The molecule has 1 rings (SSSR count). The summed E-state index contributed by atoms with van der Waals surface area (Å²) in [6.45, 7) is 8.06. The van der Waals surface area contributed by atoms with Gasteiger partial charge in [0, 0.05) is 32.7 Å². The van der Waals surface area contributed by atoms with E-state index < -0.39 is 0 Å². The summed E-state index contributed by atoms with van der Waals surface area (Å²) in [5, 5.41) is 8.84. The Hall–Kier alpha value is -0.650. The van der Waals surface area contributed by atoms with Crippen molar-refractivity contribution < 1.29 is 9.90 Å². The van der Waals surface area contributed by atoms with Gasteiger partial charge in [0.25, 0.3) is 0 Å². The van der Waals surface area contributed by atoms with E-state index in [2.05, 4.69) is 11.8 Å². The molecule has 5 heteroatoms. The van der Waals surface area contributed by atoms with Crippen LogP contribution in [0.4, 0.5) is 0 Å². The van der Waals surface area contributed by atoms with Gasteiger partial charge in [0.1, 0.15) is 0 Å². The molecule has 100 valence electrons. The average Bonchev–Trinajstić information content (AvgIpc) is 2.37. The third kappa shape index (κ3) is 3.94. The molecule has 0 aromatic rings. The summed E-state index contributed by atoms with van der Waals surface area (Å²) in [6.07, 6.45) is 0.928. The third-order valence-corrected chi connectivity index (χ3v) is 3.64. The Kier molecular flexibility index (Phi) is 5.88. The Morgan fingerprint density at radius 2 is 1.94 bits per heavy atom. The molecule has 0 aromatic carbocycles. The van der Waals surface area contributed by atoms with Gasteiger partial charge in [-0.15, -0.1) is 0 Å². The van der Waals surface area contributed by atoms with Crippen molar-refractivity contribution in [3.8, 4) is 0 Å². The van der Waals surface area contributed by atoms with Crippen LogP contribution >= 0.6 is 0 Å². The van der Waals surface area contributed by atoms with E-state index in [0.29, 0.717) is 6.54 Å². The molecule has 0 saturated carbocycles. The molecule has 0 spiro atoms. The predicted molar refractivity (Wildman–Crippen MR) is 67.5 cm³/mol. The molecular weight excluding hydrogens is 218 g/mol. The van der Waals surface area contributed by atoms with Gasteiger partial charge in [0.2, 0.25) is 5.91 Å². The van der Waals surface area contributed by atoms with Crippen LogP contribution in [0.1, 0.15) is 20.3 Å². The quantitative estimate of drug-likeness (QED) is 0.683. The molecule has 0 aromatic heterocycles. The SMILES string of the molecule is CC[C@H](C)[C@H](N)C(=O)N1CCN(CCO)CC1. The van der Waals surface area contributed by atoms with Crippen LogP contribution in [0.15, 0.2) is 0 Å². The van der Waals surface area contributed by atoms with Crippen molar-refractivity contribution in [1.29, 1.82) is 0 Å².